The second kappa shape index (κ2) is 7.54. The zero-order valence-electron chi connectivity index (χ0n) is 13.3. The Kier molecular flexibility index (Phi) is 6.36. The first-order chi connectivity index (χ1) is 8.97. The first-order valence-corrected chi connectivity index (χ1v) is 7.32. The van der Waals surface area contributed by atoms with Crippen molar-refractivity contribution in [3.8, 4) is 5.75 Å². The number of aryl methyl sites for hydroxylation is 1. The molecule has 0 bridgehead atoms. The lowest BCUT2D eigenvalue weighted by atomic mass is 9.93. The SMILES string of the molecule is COc1c(C(C)CCNCC(C)C)ccc(C)c1C. The van der Waals surface area contributed by atoms with Crippen molar-refractivity contribution in [1.82, 2.24) is 5.32 Å². The summed E-state index contributed by atoms with van der Waals surface area (Å²) in [6.07, 6.45) is 1.14. The molecule has 1 aromatic carbocycles. The van der Waals surface area contributed by atoms with E-state index in [-0.39, 0.29) is 0 Å². The number of rotatable bonds is 7. The number of hydrogen-bond donors (Lipinski definition) is 1. The minimum absolute atomic E-state index is 0.522. The first-order valence-electron chi connectivity index (χ1n) is 7.32. The van der Waals surface area contributed by atoms with Crippen molar-refractivity contribution in [2.24, 2.45) is 5.92 Å². The largest absolute Gasteiger partial charge is 0.496 e. The van der Waals surface area contributed by atoms with Crippen LogP contribution in [0, 0.1) is 19.8 Å². The van der Waals surface area contributed by atoms with E-state index in [4.69, 9.17) is 4.74 Å². The molecule has 0 aliphatic carbocycles. The van der Waals surface area contributed by atoms with E-state index < -0.39 is 0 Å². The average Bonchev–Trinajstić information content (AvgIpc) is 2.37. The normalized spacial score (nSPS) is 12.8. The van der Waals surface area contributed by atoms with Gasteiger partial charge in [-0.1, -0.05) is 32.9 Å². The molecule has 19 heavy (non-hydrogen) atoms. The maximum absolute atomic E-state index is 5.60. The van der Waals surface area contributed by atoms with Gasteiger partial charge >= 0.3 is 0 Å². The molecule has 1 atom stereocenters. The highest BCUT2D eigenvalue weighted by Gasteiger charge is 2.14. The summed E-state index contributed by atoms with van der Waals surface area (Å²) in [5.74, 6) is 2.30. The van der Waals surface area contributed by atoms with Crippen LogP contribution in [-0.4, -0.2) is 20.2 Å². The molecule has 1 N–H and O–H groups in total. The Hall–Kier alpha value is -1.02. The Morgan fingerprint density at radius 3 is 2.42 bits per heavy atom. The van der Waals surface area contributed by atoms with Gasteiger partial charge in [0.15, 0.2) is 0 Å². The highest BCUT2D eigenvalue weighted by Crippen LogP contribution is 2.33. The van der Waals surface area contributed by atoms with Crippen LogP contribution in [0.2, 0.25) is 0 Å². The quantitative estimate of drug-likeness (QED) is 0.749. The van der Waals surface area contributed by atoms with Crippen molar-refractivity contribution in [1.29, 1.82) is 0 Å². The zero-order valence-corrected chi connectivity index (χ0v) is 13.3. The van der Waals surface area contributed by atoms with E-state index in [9.17, 15) is 0 Å². The van der Waals surface area contributed by atoms with Gasteiger partial charge < -0.3 is 10.1 Å². The zero-order chi connectivity index (χ0) is 14.4. The van der Waals surface area contributed by atoms with Gasteiger partial charge in [-0.15, -0.1) is 0 Å². The molecule has 0 saturated carbocycles. The third-order valence-corrected chi connectivity index (χ3v) is 3.75. The number of nitrogens with one attached hydrogen (secondary N) is 1. The summed E-state index contributed by atoms with van der Waals surface area (Å²) in [7, 11) is 1.77. The van der Waals surface area contributed by atoms with Gasteiger partial charge in [0.1, 0.15) is 5.75 Å². The number of hydrogen-bond acceptors (Lipinski definition) is 2. The van der Waals surface area contributed by atoms with Gasteiger partial charge in [-0.25, -0.2) is 0 Å². The maximum atomic E-state index is 5.60. The van der Waals surface area contributed by atoms with E-state index in [1.54, 1.807) is 7.11 Å². The highest BCUT2D eigenvalue weighted by molar-refractivity contribution is 5.46. The van der Waals surface area contributed by atoms with E-state index in [0.29, 0.717) is 11.8 Å². The van der Waals surface area contributed by atoms with Gasteiger partial charge in [-0.3, -0.25) is 0 Å². The van der Waals surface area contributed by atoms with Crippen LogP contribution >= 0.6 is 0 Å². The Morgan fingerprint density at radius 1 is 1.16 bits per heavy atom. The molecule has 0 heterocycles. The lowest BCUT2D eigenvalue weighted by Gasteiger charge is -2.19. The molecule has 0 amide bonds. The van der Waals surface area contributed by atoms with E-state index in [2.05, 4.69) is 52.1 Å². The van der Waals surface area contributed by atoms with Crippen LogP contribution in [0.5, 0.6) is 5.75 Å². The second-order valence-electron chi connectivity index (χ2n) is 5.92. The summed E-state index contributed by atoms with van der Waals surface area (Å²) >= 11 is 0. The minimum atomic E-state index is 0.522. The third kappa shape index (κ3) is 4.54. The lowest BCUT2D eigenvalue weighted by molar-refractivity contribution is 0.401. The maximum Gasteiger partial charge on any atom is 0.125 e. The van der Waals surface area contributed by atoms with Gasteiger partial charge in [-0.2, -0.15) is 0 Å². The van der Waals surface area contributed by atoms with Gasteiger partial charge in [0, 0.05) is 0 Å². The van der Waals surface area contributed by atoms with E-state index in [0.717, 1.165) is 25.3 Å². The fourth-order valence-corrected chi connectivity index (χ4v) is 2.33. The van der Waals surface area contributed by atoms with Crippen LogP contribution in [0.1, 0.15) is 49.8 Å². The summed E-state index contributed by atoms with van der Waals surface area (Å²) in [4.78, 5) is 0. The molecule has 0 saturated heterocycles. The predicted octanol–water partition coefficient (Wildman–Crippen LogP) is 4.05. The fraction of sp³-hybridized carbons (Fsp3) is 0.647. The standard InChI is InChI=1S/C17H29NO/c1-12(2)11-18-10-9-14(4)16-8-7-13(3)15(5)17(16)19-6/h7-8,12,14,18H,9-11H2,1-6H3. The molecule has 1 aromatic rings. The second-order valence-corrected chi connectivity index (χ2v) is 5.92. The molecule has 0 fully saturated rings. The summed E-state index contributed by atoms with van der Waals surface area (Å²) in [6.45, 7) is 13.2. The van der Waals surface area contributed by atoms with Crippen molar-refractivity contribution in [3.63, 3.8) is 0 Å². The molecule has 1 rings (SSSR count). The molecule has 0 aromatic heterocycles. The van der Waals surface area contributed by atoms with Crippen LogP contribution < -0.4 is 10.1 Å². The molecule has 108 valence electrons. The first kappa shape index (κ1) is 16.0. The minimum Gasteiger partial charge on any atom is -0.496 e. The van der Waals surface area contributed by atoms with Crippen LogP contribution in [0.3, 0.4) is 0 Å². The number of benzene rings is 1. The Labute approximate surface area is 118 Å². The average molecular weight is 263 g/mol. The molecular formula is C17H29NO. The van der Waals surface area contributed by atoms with E-state index in [1.807, 2.05) is 0 Å². The molecule has 0 aliphatic heterocycles. The molecule has 0 aliphatic rings. The fourth-order valence-electron chi connectivity index (χ4n) is 2.33. The smallest absolute Gasteiger partial charge is 0.125 e. The molecule has 0 spiro atoms. The topological polar surface area (TPSA) is 21.3 Å². The third-order valence-electron chi connectivity index (χ3n) is 3.75. The summed E-state index contributed by atoms with van der Waals surface area (Å²) in [5.41, 5.74) is 3.89. The summed E-state index contributed by atoms with van der Waals surface area (Å²) in [5, 5.41) is 3.51. The number of ether oxygens (including phenoxy) is 1. The highest BCUT2D eigenvalue weighted by atomic mass is 16.5. The van der Waals surface area contributed by atoms with Gasteiger partial charge in [0.2, 0.25) is 0 Å². The van der Waals surface area contributed by atoms with Crippen LogP contribution in [-0.2, 0) is 0 Å². The molecule has 0 radical (unpaired) electrons. The Morgan fingerprint density at radius 2 is 1.84 bits per heavy atom. The Bertz CT molecular complexity index is 398. The summed E-state index contributed by atoms with van der Waals surface area (Å²) in [6, 6.07) is 4.42. The monoisotopic (exact) mass is 263 g/mol. The van der Waals surface area contributed by atoms with Crippen LogP contribution in [0.25, 0.3) is 0 Å². The molecular weight excluding hydrogens is 234 g/mol. The Balaban J connectivity index is 2.66. The van der Waals surface area contributed by atoms with Crippen molar-refractivity contribution < 1.29 is 4.74 Å². The lowest BCUT2D eigenvalue weighted by Crippen LogP contribution is -2.22. The van der Waals surface area contributed by atoms with E-state index in [1.165, 1.54) is 16.7 Å². The van der Waals surface area contributed by atoms with Crippen molar-refractivity contribution in [3.05, 3.63) is 28.8 Å². The van der Waals surface area contributed by atoms with Crippen molar-refractivity contribution in [2.75, 3.05) is 20.2 Å². The van der Waals surface area contributed by atoms with Crippen molar-refractivity contribution in [2.45, 2.75) is 47.0 Å². The molecule has 1 unspecified atom stereocenters. The van der Waals surface area contributed by atoms with Crippen molar-refractivity contribution >= 4 is 0 Å². The summed E-state index contributed by atoms with van der Waals surface area (Å²) < 4.78 is 5.60. The van der Waals surface area contributed by atoms with Gasteiger partial charge in [0.05, 0.1) is 7.11 Å². The van der Waals surface area contributed by atoms with Crippen LogP contribution in [0.15, 0.2) is 12.1 Å². The van der Waals surface area contributed by atoms with Gasteiger partial charge in [-0.05, 0) is 61.9 Å². The van der Waals surface area contributed by atoms with Crippen LogP contribution in [0.4, 0.5) is 0 Å². The van der Waals surface area contributed by atoms with E-state index >= 15 is 0 Å². The predicted molar refractivity (Wildman–Crippen MR) is 83.2 cm³/mol. The van der Waals surface area contributed by atoms with Gasteiger partial charge in [0.25, 0.3) is 0 Å². The molecule has 2 nitrogen and oxygen atoms in total. The number of methoxy groups -OCH3 is 1. The molecule has 2 heteroatoms.